The normalized spacial score (nSPS) is 20.3. The van der Waals surface area contributed by atoms with Crippen molar-refractivity contribution in [2.75, 3.05) is 13.2 Å². The summed E-state index contributed by atoms with van der Waals surface area (Å²) in [6.07, 6.45) is 3.93. The van der Waals surface area contributed by atoms with Crippen LogP contribution in [0.3, 0.4) is 0 Å². The minimum absolute atomic E-state index is 0.187. The minimum atomic E-state index is -0.524. The molecule has 1 aromatic carbocycles. The maximum atomic E-state index is 12.9. The lowest BCUT2D eigenvalue weighted by Crippen LogP contribution is -2.47. The third kappa shape index (κ3) is 6.92. The Labute approximate surface area is 199 Å². The Bertz CT molecular complexity index is 833. The topological polar surface area (TPSA) is 57.2 Å². The Morgan fingerprint density at radius 3 is 2.27 bits per heavy atom. The molecule has 0 radical (unpaired) electrons. The summed E-state index contributed by atoms with van der Waals surface area (Å²) in [7, 11) is -0.459. The molecule has 3 rings (SSSR count). The standard InChI is InChI=1S/C26H40BNO5/c1-19-26(7,8)33-27(32-19)20-9-11-22(12-10-20)30-18-17-28(23(29)31-24(2,3)4)21-13-15-25(5,6)16-14-21/h9-12,21H,1,13-18H2,2-8H3. The molecule has 0 spiro atoms. The lowest BCUT2D eigenvalue weighted by Gasteiger charge is -2.40. The molecule has 2 aliphatic rings. The van der Waals surface area contributed by atoms with Gasteiger partial charge in [-0.05, 0) is 83.3 Å². The lowest BCUT2D eigenvalue weighted by molar-refractivity contribution is 0.00424. The van der Waals surface area contributed by atoms with Crippen LogP contribution < -0.4 is 10.2 Å². The van der Waals surface area contributed by atoms with Crippen molar-refractivity contribution in [2.24, 2.45) is 5.41 Å². The zero-order chi connectivity index (χ0) is 24.4. The van der Waals surface area contributed by atoms with Crippen molar-refractivity contribution in [2.45, 2.75) is 91.4 Å². The molecule has 1 aromatic rings. The summed E-state index contributed by atoms with van der Waals surface area (Å²) in [6, 6.07) is 7.85. The van der Waals surface area contributed by atoms with Gasteiger partial charge in [-0.25, -0.2) is 4.79 Å². The van der Waals surface area contributed by atoms with Gasteiger partial charge in [0.05, 0.1) is 12.3 Å². The van der Waals surface area contributed by atoms with Crippen molar-refractivity contribution in [1.29, 1.82) is 0 Å². The van der Waals surface area contributed by atoms with E-state index >= 15 is 0 Å². The monoisotopic (exact) mass is 457 g/mol. The van der Waals surface area contributed by atoms with Crippen molar-refractivity contribution in [3.63, 3.8) is 0 Å². The van der Waals surface area contributed by atoms with Crippen LogP contribution >= 0.6 is 0 Å². The van der Waals surface area contributed by atoms with Gasteiger partial charge in [-0.2, -0.15) is 0 Å². The molecule has 1 aliphatic heterocycles. The number of amides is 1. The maximum Gasteiger partial charge on any atom is 0.563 e. The number of ether oxygens (including phenoxy) is 2. The summed E-state index contributed by atoms with van der Waals surface area (Å²) in [5.74, 6) is 1.37. The van der Waals surface area contributed by atoms with E-state index < -0.39 is 18.3 Å². The molecule has 0 N–H and O–H groups in total. The Morgan fingerprint density at radius 2 is 1.76 bits per heavy atom. The Balaban J connectivity index is 1.58. The Morgan fingerprint density at radius 1 is 1.15 bits per heavy atom. The lowest BCUT2D eigenvalue weighted by atomic mass is 9.75. The van der Waals surface area contributed by atoms with Crippen molar-refractivity contribution in [1.82, 2.24) is 4.90 Å². The molecule has 1 saturated carbocycles. The van der Waals surface area contributed by atoms with Gasteiger partial charge in [0.2, 0.25) is 0 Å². The zero-order valence-corrected chi connectivity index (χ0v) is 21.4. The molecule has 0 bridgehead atoms. The van der Waals surface area contributed by atoms with Gasteiger partial charge in [-0.1, -0.05) is 32.6 Å². The van der Waals surface area contributed by atoms with Crippen LogP contribution in [0.1, 0.15) is 74.1 Å². The average Bonchev–Trinajstić information content (AvgIpc) is 2.97. The van der Waals surface area contributed by atoms with Gasteiger partial charge in [0.1, 0.15) is 23.6 Å². The highest BCUT2D eigenvalue weighted by Crippen LogP contribution is 2.37. The van der Waals surface area contributed by atoms with Crippen LogP contribution in [0.25, 0.3) is 0 Å². The number of benzene rings is 1. The molecule has 33 heavy (non-hydrogen) atoms. The van der Waals surface area contributed by atoms with E-state index in [1.54, 1.807) is 0 Å². The van der Waals surface area contributed by atoms with E-state index in [1.807, 2.05) is 63.8 Å². The number of carbonyl (C=O) groups is 1. The molecule has 1 saturated heterocycles. The largest absolute Gasteiger partial charge is 0.563 e. The first-order valence-corrected chi connectivity index (χ1v) is 12.0. The Hall–Kier alpha value is -2.15. The predicted octanol–water partition coefficient (Wildman–Crippen LogP) is 5.31. The molecule has 7 heteroatoms. The van der Waals surface area contributed by atoms with Crippen LogP contribution in [0.4, 0.5) is 4.79 Å². The molecule has 6 nitrogen and oxygen atoms in total. The van der Waals surface area contributed by atoms with Crippen molar-refractivity contribution >= 4 is 18.7 Å². The molecule has 0 unspecified atom stereocenters. The quantitative estimate of drug-likeness (QED) is 0.543. The number of hydrogen-bond acceptors (Lipinski definition) is 5. The maximum absolute atomic E-state index is 12.9. The summed E-state index contributed by atoms with van der Waals surface area (Å²) >= 11 is 0. The number of hydrogen-bond donors (Lipinski definition) is 0. The number of rotatable bonds is 6. The highest BCUT2D eigenvalue weighted by molar-refractivity contribution is 6.62. The molecule has 0 aromatic heterocycles. The van der Waals surface area contributed by atoms with Gasteiger partial charge in [-0.15, -0.1) is 0 Å². The zero-order valence-electron chi connectivity index (χ0n) is 21.4. The van der Waals surface area contributed by atoms with E-state index in [1.165, 1.54) is 0 Å². The Kier molecular flexibility index (Phi) is 7.42. The van der Waals surface area contributed by atoms with Crippen molar-refractivity contribution in [3.8, 4) is 5.75 Å². The van der Waals surface area contributed by atoms with Gasteiger partial charge in [-0.3, -0.25) is 0 Å². The third-order valence-corrected chi connectivity index (χ3v) is 6.45. The van der Waals surface area contributed by atoms with E-state index in [4.69, 9.17) is 18.8 Å². The number of carbonyl (C=O) groups excluding carboxylic acids is 1. The molecular formula is C26H40BNO5. The highest BCUT2D eigenvalue weighted by atomic mass is 16.7. The summed E-state index contributed by atoms with van der Waals surface area (Å²) in [5.41, 5.74) is 0.223. The summed E-state index contributed by atoms with van der Waals surface area (Å²) in [4.78, 5) is 14.8. The van der Waals surface area contributed by atoms with Crippen molar-refractivity contribution < 1.29 is 23.6 Å². The second-order valence-electron chi connectivity index (χ2n) is 11.5. The molecule has 0 atom stereocenters. The van der Waals surface area contributed by atoms with Crippen LogP contribution in [-0.2, 0) is 14.0 Å². The molecule has 1 amide bonds. The minimum Gasteiger partial charge on any atom is -0.534 e. The van der Waals surface area contributed by atoms with Crippen LogP contribution in [0.2, 0.25) is 0 Å². The smallest absolute Gasteiger partial charge is 0.534 e. The van der Waals surface area contributed by atoms with Gasteiger partial charge in [0.25, 0.3) is 0 Å². The van der Waals surface area contributed by atoms with E-state index in [2.05, 4.69) is 20.4 Å². The van der Waals surface area contributed by atoms with Gasteiger partial charge in [0, 0.05) is 6.04 Å². The van der Waals surface area contributed by atoms with E-state index in [9.17, 15) is 4.79 Å². The molecule has 2 fully saturated rings. The van der Waals surface area contributed by atoms with Crippen LogP contribution in [0.5, 0.6) is 5.75 Å². The SMILES string of the molecule is C=C1OB(c2ccc(OCCN(C(=O)OC(C)(C)C)C3CCC(C)(C)CC3)cc2)OC1(C)C. The second-order valence-corrected chi connectivity index (χ2v) is 11.5. The molecular weight excluding hydrogens is 417 g/mol. The van der Waals surface area contributed by atoms with E-state index in [-0.39, 0.29) is 12.1 Å². The first-order valence-electron chi connectivity index (χ1n) is 12.0. The highest BCUT2D eigenvalue weighted by Gasteiger charge is 2.42. The van der Waals surface area contributed by atoms with Crippen LogP contribution in [0.15, 0.2) is 36.6 Å². The molecule has 1 aliphatic carbocycles. The van der Waals surface area contributed by atoms with Crippen molar-refractivity contribution in [3.05, 3.63) is 36.6 Å². The summed E-state index contributed by atoms with van der Waals surface area (Å²) in [6.45, 7) is 19.0. The predicted molar refractivity (Wildman–Crippen MR) is 132 cm³/mol. The van der Waals surface area contributed by atoms with Gasteiger partial charge >= 0.3 is 13.2 Å². The van der Waals surface area contributed by atoms with E-state index in [0.717, 1.165) is 36.9 Å². The summed E-state index contributed by atoms with van der Waals surface area (Å²) < 4.78 is 23.4. The third-order valence-electron chi connectivity index (χ3n) is 6.45. The fourth-order valence-electron chi connectivity index (χ4n) is 4.19. The molecule has 1 heterocycles. The fraction of sp³-hybridized carbons (Fsp3) is 0.654. The second kappa shape index (κ2) is 9.61. The average molecular weight is 457 g/mol. The first-order chi connectivity index (χ1) is 15.3. The van der Waals surface area contributed by atoms with Crippen LogP contribution in [-0.4, -0.2) is 48.5 Å². The van der Waals surface area contributed by atoms with E-state index in [0.29, 0.717) is 24.3 Å². The van der Waals surface area contributed by atoms with Crippen LogP contribution in [0, 0.1) is 5.41 Å². The molecule has 182 valence electrons. The summed E-state index contributed by atoms with van der Waals surface area (Å²) in [5, 5.41) is 0. The first kappa shape index (κ1) is 25.5. The van der Waals surface area contributed by atoms with Gasteiger partial charge < -0.3 is 23.7 Å². The van der Waals surface area contributed by atoms with Gasteiger partial charge in [0.15, 0.2) is 0 Å². The fourth-order valence-corrected chi connectivity index (χ4v) is 4.19. The number of nitrogens with zero attached hydrogens (tertiary/aromatic N) is 1.